The van der Waals surface area contributed by atoms with Crippen molar-refractivity contribution in [3.05, 3.63) is 29.8 Å². The summed E-state index contributed by atoms with van der Waals surface area (Å²) in [5.74, 6) is 1.14. The molecule has 6 heteroatoms. The van der Waals surface area contributed by atoms with Gasteiger partial charge >= 0.3 is 0 Å². The lowest BCUT2D eigenvalue weighted by Gasteiger charge is -2.34. The summed E-state index contributed by atoms with van der Waals surface area (Å²) in [6.07, 6.45) is 3.74. The molecule has 0 bridgehead atoms. The third-order valence-electron chi connectivity index (χ3n) is 5.98. The Labute approximate surface area is 166 Å². The van der Waals surface area contributed by atoms with Crippen LogP contribution < -0.4 is 10.1 Å². The quantitative estimate of drug-likeness (QED) is 0.843. The van der Waals surface area contributed by atoms with Crippen LogP contribution in [0.5, 0.6) is 5.75 Å². The zero-order chi connectivity index (χ0) is 20.1. The number of carbonyl (C=O) groups excluding carboxylic acids is 3. The molecule has 0 unspecified atom stereocenters. The number of Topliss-reactive ketones (excluding diaryl/α,β-unsaturated/α-hetero) is 1. The Hall–Kier alpha value is -2.37. The molecule has 1 saturated carbocycles. The third-order valence-corrected chi connectivity index (χ3v) is 5.98. The smallest absolute Gasteiger partial charge is 0.226 e. The average Bonchev–Trinajstić information content (AvgIpc) is 2.70. The van der Waals surface area contributed by atoms with Crippen molar-refractivity contribution >= 4 is 17.6 Å². The summed E-state index contributed by atoms with van der Waals surface area (Å²) in [5.41, 5.74) is 0.945. The number of nitrogens with zero attached hydrogens (tertiary/aromatic N) is 1. The molecule has 1 aliphatic heterocycles. The van der Waals surface area contributed by atoms with Crippen LogP contribution in [0.3, 0.4) is 0 Å². The van der Waals surface area contributed by atoms with Gasteiger partial charge in [0.15, 0.2) is 0 Å². The van der Waals surface area contributed by atoms with E-state index in [2.05, 4.69) is 5.32 Å². The molecule has 1 N–H and O–H groups in total. The number of ketones is 1. The second-order valence-corrected chi connectivity index (χ2v) is 8.03. The molecule has 2 atom stereocenters. The van der Waals surface area contributed by atoms with Gasteiger partial charge in [-0.1, -0.05) is 19.1 Å². The van der Waals surface area contributed by atoms with Crippen LogP contribution in [-0.4, -0.2) is 48.7 Å². The lowest BCUT2D eigenvalue weighted by molar-refractivity contribution is -0.132. The van der Waals surface area contributed by atoms with Crippen LogP contribution in [0.15, 0.2) is 24.3 Å². The Morgan fingerprint density at radius 2 is 1.96 bits per heavy atom. The number of benzene rings is 1. The summed E-state index contributed by atoms with van der Waals surface area (Å²) >= 11 is 0. The molecule has 6 nitrogen and oxygen atoms in total. The Kier molecular flexibility index (Phi) is 6.70. The van der Waals surface area contributed by atoms with Crippen molar-refractivity contribution < 1.29 is 19.1 Å². The number of amides is 2. The molecular formula is C22H30N2O4. The number of hydrogen-bond acceptors (Lipinski definition) is 4. The minimum absolute atomic E-state index is 0.0134. The molecule has 2 fully saturated rings. The normalized spacial score (nSPS) is 23.4. The number of carbonyl (C=O) groups is 3. The maximum Gasteiger partial charge on any atom is 0.226 e. The van der Waals surface area contributed by atoms with Gasteiger partial charge in [0.2, 0.25) is 11.8 Å². The highest BCUT2D eigenvalue weighted by Gasteiger charge is 2.32. The van der Waals surface area contributed by atoms with Gasteiger partial charge in [0.1, 0.15) is 11.5 Å². The number of ether oxygens (including phenoxy) is 1. The fraction of sp³-hybridized carbons (Fsp3) is 0.591. The van der Waals surface area contributed by atoms with Crippen molar-refractivity contribution in [3.63, 3.8) is 0 Å². The Balaban J connectivity index is 1.44. The molecule has 1 aromatic rings. The predicted octanol–water partition coefficient (Wildman–Crippen LogP) is 2.35. The van der Waals surface area contributed by atoms with Gasteiger partial charge < -0.3 is 15.0 Å². The van der Waals surface area contributed by atoms with Gasteiger partial charge in [0, 0.05) is 37.4 Å². The number of rotatable bonds is 5. The van der Waals surface area contributed by atoms with E-state index in [-0.39, 0.29) is 35.5 Å². The van der Waals surface area contributed by atoms with Crippen molar-refractivity contribution in [1.29, 1.82) is 0 Å². The second kappa shape index (κ2) is 9.22. The fourth-order valence-electron chi connectivity index (χ4n) is 4.14. The highest BCUT2D eigenvalue weighted by Crippen LogP contribution is 2.26. The molecule has 1 aromatic carbocycles. The molecule has 3 rings (SSSR count). The van der Waals surface area contributed by atoms with Crippen LogP contribution in [0.1, 0.15) is 44.6 Å². The summed E-state index contributed by atoms with van der Waals surface area (Å²) in [6, 6.07) is 7.69. The molecule has 1 heterocycles. The predicted molar refractivity (Wildman–Crippen MR) is 106 cm³/mol. The first kappa shape index (κ1) is 20.4. The van der Waals surface area contributed by atoms with E-state index in [4.69, 9.17) is 4.74 Å². The Bertz CT molecular complexity index is 725. The van der Waals surface area contributed by atoms with E-state index in [0.717, 1.165) is 24.2 Å². The number of nitrogens with one attached hydrogen (secondary N) is 1. The van der Waals surface area contributed by atoms with Crippen LogP contribution in [0.4, 0.5) is 0 Å². The summed E-state index contributed by atoms with van der Waals surface area (Å²) < 4.78 is 5.21. The van der Waals surface area contributed by atoms with Gasteiger partial charge in [0.05, 0.1) is 13.5 Å². The first-order valence-corrected chi connectivity index (χ1v) is 10.2. The minimum Gasteiger partial charge on any atom is -0.497 e. The van der Waals surface area contributed by atoms with Crippen LogP contribution in [-0.2, 0) is 20.8 Å². The summed E-state index contributed by atoms with van der Waals surface area (Å²) in [5, 5.41) is 3.14. The van der Waals surface area contributed by atoms with Crippen molar-refractivity contribution in [2.45, 2.75) is 51.5 Å². The first-order valence-electron chi connectivity index (χ1n) is 10.2. The zero-order valence-electron chi connectivity index (χ0n) is 16.8. The van der Waals surface area contributed by atoms with E-state index in [1.165, 1.54) is 0 Å². The van der Waals surface area contributed by atoms with E-state index < -0.39 is 0 Å². The molecule has 2 aliphatic rings. The molecule has 152 valence electrons. The molecular weight excluding hydrogens is 356 g/mol. The minimum atomic E-state index is -0.0552. The molecule has 0 radical (unpaired) electrons. The number of piperidine rings is 1. The first-order chi connectivity index (χ1) is 13.5. The van der Waals surface area contributed by atoms with Crippen molar-refractivity contribution in [2.24, 2.45) is 11.8 Å². The van der Waals surface area contributed by atoms with Gasteiger partial charge in [-0.2, -0.15) is 0 Å². The molecule has 2 amide bonds. The summed E-state index contributed by atoms with van der Waals surface area (Å²) in [6.45, 7) is 3.23. The molecule has 1 aliphatic carbocycles. The average molecular weight is 386 g/mol. The number of hydrogen-bond donors (Lipinski definition) is 1. The Morgan fingerprint density at radius 1 is 1.21 bits per heavy atom. The van der Waals surface area contributed by atoms with Crippen LogP contribution in [0.25, 0.3) is 0 Å². The summed E-state index contributed by atoms with van der Waals surface area (Å²) in [7, 11) is 1.62. The van der Waals surface area contributed by atoms with E-state index in [1.807, 2.05) is 36.1 Å². The van der Waals surface area contributed by atoms with Gasteiger partial charge in [-0.3, -0.25) is 14.4 Å². The van der Waals surface area contributed by atoms with Gasteiger partial charge in [-0.15, -0.1) is 0 Å². The summed E-state index contributed by atoms with van der Waals surface area (Å²) in [4.78, 5) is 38.6. The highest BCUT2D eigenvalue weighted by molar-refractivity contribution is 5.86. The zero-order valence-corrected chi connectivity index (χ0v) is 16.8. The monoisotopic (exact) mass is 386 g/mol. The van der Waals surface area contributed by atoms with Crippen molar-refractivity contribution in [3.8, 4) is 5.75 Å². The lowest BCUT2D eigenvalue weighted by atomic mass is 9.81. The van der Waals surface area contributed by atoms with Crippen LogP contribution in [0.2, 0.25) is 0 Å². The van der Waals surface area contributed by atoms with E-state index >= 15 is 0 Å². The second-order valence-electron chi connectivity index (χ2n) is 8.03. The van der Waals surface area contributed by atoms with E-state index in [0.29, 0.717) is 38.8 Å². The highest BCUT2D eigenvalue weighted by atomic mass is 16.5. The van der Waals surface area contributed by atoms with Gasteiger partial charge in [-0.25, -0.2) is 0 Å². The van der Waals surface area contributed by atoms with E-state index in [9.17, 15) is 14.4 Å². The van der Waals surface area contributed by atoms with Gasteiger partial charge in [0.25, 0.3) is 0 Å². The van der Waals surface area contributed by atoms with Crippen molar-refractivity contribution in [1.82, 2.24) is 10.2 Å². The fourth-order valence-corrected chi connectivity index (χ4v) is 4.14. The number of likely N-dealkylation sites (tertiary alicyclic amines) is 1. The standard InChI is InChI=1S/C22H30N2O4/c1-15-12-17(6-7-20(15)25)22(27)23-18-8-10-24(11-9-18)21(26)14-16-4-3-5-19(13-16)28-2/h3-5,13,15,17-18H,6-12,14H2,1-2H3,(H,23,27)/t15-,17+/m1/s1. The van der Waals surface area contributed by atoms with E-state index in [1.54, 1.807) is 7.11 Å². The molecule has 0 spiro atoms. The third kappa shape index (κ3) is 5.12. The van der Waals surface area contributed by atoms with Crippen LogP contribution >= 0.6 is 0 Å². The maximum atomic E-state index is 12.6. The maximum absolute atomic E-state index is 12.6. The lowest BCUT2D eigenvalue weighted by Crippen LogP contribution is -2.48. The molecule has 28 heavy (non-hydrogen) atoms. The molecule has 0 aromatic heterocycles. The largest absolute Gasteiger partial charge is 0.497 e. The SMILES string of the molecule is COc1cccc(CC(=O)N2CCC(NC(=O)[C@H]3CCC(=O)[C@H](C)C3)CC2)c1. The Morgan fingerprint density at radius 3 is 2.64 bits per heavy atom. The number of methoxy groups -OCH3 is 1. The molecule has 1 saturated heterocycles. The van der Waals surface area contributed by atoms with Crippen molar-refractivity contribution in [2.75, 3.05) is 20.2 Å². The topological polar surface area (TPSA) is 75.7 Å². The van der Waals surface area contributed by atoms with Crippen LogP contribution in [0, 0.1) is 11.8 Å². The van der Waals surface area contributed by atoms with Gasteiger partial charge in [-0.05, 0) is 43.4 Å².